The number of nitro benzene ring substituents is 1. The van der Waals surface area contributed by atoms with Gasteiger partial charge in [-0.05, 0) is 29.8 Å². The van der Waals surface area contributed by atoms with Gasteiger partial charge in [0.15, 0.2) is 0 Å². The Morgan fingerprint density at radius 3 is 2.46 bits per heavy atom. The summed E-state index contributed by atoms with van der Waals surface area (Å²) in [6.07, 6.45) is 0. The second-order valence-electron chi connectivity index (χ2n) is 6.14. The Morgan fingerprint density at radius 2 is 1.82 bits per heavy atom. The molecule has 0 aliphatic carbocycles. The fraction of sp³-hybridized carbons (Fsp3) is 0.211. The average Bonchev–Trinajstić information content (AvgIpc) is 2.69. The molecule has 9 heteroatoms. The molecule has 0 radical (unpaired) electrons. The number of carbonyl (C=O) groups is 1. The van der Waals surface area contributed by atoms with Crippen LogP contribution < -0.4 is 5.32 Å². The monoisotopic (exact) mass is 437 g/mol. The summed E-state index contributed by atoms with van der Waals surface area (Å²) in [5, 5.41) is 15.7. The summed E-state index contributed by atoms with van der Waals surface area (Å²) in [7, 11) is 0. The fourth-order valence-corrected chi connectivity index (χ4v) is 4.22. The van der Waals surface area contributed by atoms with Gasteiger partial charge in [0.1, 0.15) is 0 Å². The van der Waals surface area contributed by atoms with Gasteiger partial charge >= 0.3 is 0 Å². The van der Waals surface area contributed by atoms with Crippen LogP contribution in [0.3, 0.4) is 0 Å². The molecule has 1 amide bonds. The number of nitrogens with one attached hydrogen (secondary N) is 1. The van der Waals surface area contributed by atoms with Crippen LogP contribution in [0.5, 0.6) is 0 Å². The first-order valence-corrected chi connectivity index (χ1v) is 10.0. The maximum absolute atomic E-state index is 12.6. The topological polar surface area (TPSA) is 75.5 Å². The number of piperazine rings is 1. The minimum Gasteiger partial charge on any atom is -0.336 e. The summed E-state index contributed by atoms with van der Waals surface area (Å²) in [5.74, 6) is -0.211. The number of halogens is 2. The number of benzene rings is 2. The average molecular weight is 438 g/mol. The van der Waals surface area contributed by atoms with E-state index in [4.69, 9.17) is 23.2 Å². The third-order valence-electron chi connectivity index (χ3n) is 4.28. The summed E-state index contributed by atoms with van der Waals surface area (Å²) in [4.78, 5) is 26.5. The third kappa shape index (κ3) is 4.67. The number of amides is 1. The zero-order valence-electron chi connectivity index (χ0n) is 14.8. The lowest BCUT2D eigenvalue weighted by molar-refractivity contribution is -0.387. The zero-order valence-corrected chi connectivity index (χ0v) is 17.1. The summed E-state index contributed by atoms with van der Waals surface area (Å²) in [6.45, 7) is 6.47. The summed E-state index contributed by atoms with van der Waals surface area (Å²) in [5.41, 5.74) is 0.565. The predicted octanol–water partition coefficient (Wildman–Crippen LogP) is 4.50. The molecule has 0 unspecified atom stereocenters. The minimum atomic E-state index is -0.474. The molecule has 28 heavy (non-hydrogen) atoms. The Kier molecular flexibility index (Phi) is 6.61. The molecule has 2 aromatic carbocycles. The van der Waals surface area contributed by atoms with Crippen LogP contribution in [0.25, 0.3) is 5.57 Å². The van der Waals surface area contributed by atoms with E-state index in [0.717, 1.165) is 13.1 Å². The molecule has 1 aliphatic heterocycles. The normalized spacial score (nSPS) is 14.0. The molecule has 1 fully saturated rings. The lowest BCUT2D eigenvalue weighted by Gasteiger charge is -2.28. The van der Waals surface area contributed by atoms with Gasteiger partial charge in [-0.2, -0.15) is 0 Å². The van der Waals surface area contributed by atoms with E-state index < -0.39 is 4.92 Å². The van der Waals surface area contributed by atoms with Crippen LogP contribution in [0.15, 0.2) is 52.8 Å². The highest BCUT2D eigenvalue weighted by Crippen LogP contribution is 2.40. The molecule has 1 aliphatic rings. The van der Waals surface area contributed by atoms with Crippen LogP contribution in [-0.2, 0) is 4.79 Å². The summed E-state index contributed by atoms with van der Waals surface area (Å²) < 4.78 is 0. The van der Waals surface area contributed by atoms with Crippen molar-refractivity contribution in [2.24, 2.45) is 0 Å². The molecule has 2 aromatic rings. The van der Waals surface area contributed by atoms with Crippen molar-refractivity contribution in [2.75, 3.05) is 26.2 Å². The van der Waals surface area contributed by atoms with E-state index in [9.17, 15) is 14.9 Å². The van der Waals surface area contributed by atoms with E-state index >= 15 is 0 Å². The van der Waals surface area contributed by atoms with Crippen LogP contribution in [0.1, 0.15) is 5.56 Å². The molecule has 0 atom stereocenters. The molecular weight excluding hydrogens is 421 g/mol. The van der Waals surface area contributed by atoms with Crippen molar-refractivity contribution in [2.45, 2.75) is 9.79 Å². The maximum Gasteiger partial charge on any atom is 0.283 e. The Labute approximate surface area is 176 Å². The standard InChI is InChI=1S/C19H17Cl2N3O3S/c1-12(19(25)23-8-6-22-7-9-23)13-2-4-18(16(10-13)24(26)27)28-17-5-3-14(20)11-15(17)21/h2-5,10-11,22H,1,6-9H2. The number of hydrogen-bond donors (Lipinski definition) is 1. The van der Waals surface area contributed by atoms with Gasteiger partial charge in [0, 0.05) is 47.7 Å². The van der Waals surface area contributed by atoms with E-state index in [2.05, 4.69) is 11.9 Å². The SMILES string of the molecule is C=C(C(=O)N1CCNCC1)c1ccc(Sc2ccc(Cl)cc2Cl)c([N+](=O)[O-])c1. The van der Waals surface area contributed by atoms with E-state index in [1.165, 1.54) is 17.8 Å². The molecule has 146 valence electrons. The minimum absolute atomic E-state index is 0.109. The van der Waals surface area contributed by atoms with Crippen molar-refractivity contribution in [3.63, 3.8) is 0 Å². The van der Waals surface area contributed by atoms with Crippen LogP contribution in [-0.4, -0.2) is 41.9 Å². The van der Waals surface area contributed by atoms with E-state index in [1.54, 1.807) is 35.2 Å². The highest BCUT2D eigenvalue weighted by molar-refractivity contribution is 7.99. The van der Waals surface area contributed by atoms with E-state index in [1.807, 2.05) is 0 Å². The number of hydrogen-bond acceptors (Lipinski definition) is 5. The summed E-state index contributed by atoms with van der Waals surface area (Å²) >= 11 is 13.2. The van der Waals surface area contributed by atoms with E-state index in [0.29, 0.717) is 38.5 Å². The molecule has 0 bridgehead atoms. The van der Waals surface area contributed by atoms with Gasteiger partial charge in [0.2, 0.25) is 0 Å². The molecule has 0 spiro atoms. The first-order chi connectivity index (χ1) is 13.4. The predicted molar refractivity (Wildman–Crippen MR) is 112 cm³/mol. The summed E-state index contributed by atoms with van der Waals surface area (Å²) in [6, 6.07) is 9.62. The highest BCUT2D eigenvalue weighted by atomic mass is 35.5. The van der Waals surface area contributed by atoms with Crippen molar-refractivity contribution >= 4 is 52.1 Å². The van der Waals surface area contributed by atoms with Gasteiger partial charge in [-0.15, -0.1) is 0 Å². The lowest BCUT2D eigenvalue weighted by atomic mass is 10.1. The number of nitro groups is 1. The van der Waals surface area contributed by atoms with Crippen molar-refractivity contribution in [3.05, 3.63) is 68.7 Å². The highest BCUT2D eigenvalue weighted by Gasteiger charge is 2.23. The Hall–Kier alpha value is -2.06. The van der Waals surface area contributed by atoms with Crippen LogP contribution in [0.2, 0.25) is 10.0 Å². The molecule has 1 saturated heterocycles. The first-order valence-electron chi connectivity index (χ1n) is 8.47. The molecule has 6 nitrogen and oxygen atoms in total. The van der Waals surface area contributed by atoms with Gasteiger partial charge in [0.25, 0.3) is 11.6 Å². The van der Waals surface area contributed by atoms with Gasteiger partial charge < -0.3 is 10.2 Å². The van der Waals surface area contributed by atoms with Crippen LogP contribution in [0, 0.1) is 10.1 Å². The number of carbonyl (C=O) groups excluding carboxylic acids is 1. The first kappa shape index (κ1) is 20.7. The van der Waals surface area contributed by atoms with Gasteiger partial charge in [-0.1, -0.05) is 47.6 Å². The quantitative estimate of drug-likeness (QED) is 0.423. The van der Waals surface area contributed by atoms with Gasteiger partial charge in [-0.25, -0.2) is 0 Å². The van der Waals surface area contributed by atoms with Crippen LogP contribution in [0.4, 0.5) is 5.69 Å². The van der Waals surface area contributed by atoms with Crippen molar-refractivity contribution in [3.8, 4) is 0 Å². The fourth-order valence-electron chi connectivity index (χ4n) is 2.79. The Morgan fingerprint density at radius 1 is 1.14 bits per heavy atom. The van der Waals surface area contributed by atoms with Gasteiger partial charge in [-0.3, -0.25) is 14.9 Å². The van der Waals surface area contributed by atoms with Crippen molar-refractivity contribution < 1.29 is 9.72 Å². The molecule has 0 saturated carbocycles. The zero-order chi connectivity index (χ0) is 20.3. The molecule has 1 heterocycles. The molecular formula is C19H17Cl2N3O3S. The van der Waals surface area contributed by atoms with Crippen molar-refractivity contribution in [1.29, 1.82) is 0 Å². The van der Waals surface area contributed by atoms with Crippen molar-refractivity contribution in [1.82, 2.24) is 10.2 Å². The molecule has 0 aromatic heterocycles. The Balaban J connectivity index is 1.87. The third-order valence-corrected chi connectivity index (χ3v) is 6.08. The van der Waals surface area contributed by atoms with E-state index in [-0.39, 0.29) is 17.2 Å². The lowest BCUT2D eigenvalue weighted by Crippen LogP contribution is -2.46. The number of rotatable bonds is 5. The largest absolute Gasteiger partial charge is 0.336 e. The van der Waals surface area contributed by atoms with Crippen LogP contribution >= 0.6 is 35.0 Å². The molecule has 3 rings (SSSR count). The second kappa shape index (κ2) is 8.96. The number of nitrogens with zero attached hydrogens (tertiary/aromatic N) is 2. The smallest absolute Gasteiger partial charge is 0.283 e. The Bertz CT molecular complexity index is 946. The van der Waals surface area contributed by atoms with Gasteiger partial charge in [0.05, 0.1) is 14.8 Å². The second-order valence-corrected chi connectivity index (χ2v) is 8.06. The maximum atomic E-state index is 12.6. The molecule has 1 N–H and O–H groups in total.